The molecule has 2 N–H and O–H groups in total. The average molecular weight is 245 g/mol. The molecule has 0 fully saturated rings. The first-order valence-corrected chi connectivity index (χ1v) is 6.32. The van der Waals surface area contributed by atoms with Crippen LogP contribution in [0.4, 0.5) is 0 Å². The van der Waals surface area contributed by atoms with Gasteiger partial charge in [-0.1, -0.05) is 12.2 Å². The Morgan fingerprint density at radius 2 is 2.17 bits per heavy atom. The van der Waals surface area contributed by atoms with E-state index >= 15 is 0 Å². The van der Waals surface area contributed by atoms with Crippen LogP contribution in [0.5, 0.6) is 0 Å². The molecule has 0 spiro atoms. The molecule has 0 saturated carbocycles. The van der Waals surface area contributed by atoms with Gasteiger partial charge in [0.1, 0.15) is 0 Å². The number of carbonyl (C=O) groups is 1. The Morgan fingerprint density at radius 1 is 1.44 bits per heavy atom. The molecule has 0 saturated heterocycles. The van der Waals surface area contributed by atoms with Gasteiger partial charge in [0.05, 0.1) is 5.92 Å². The Labute approximate surface area is 108 Å². The fourth-order valence-corrected chi connectivity index (χ4v) is 2.20. The molecule has 1 aliphatic rings. The van der Waals surface area contributed by atoms with E-state index in [1.165, 1.54) is 0 Å². The lowest BCUT2D eigenvalue weighted by molar-refractivity contribution is -0.134. The number of nitrogens with two attached hydrogens (primary N) is 1. The van der Waals surface area contributed by atoms with Crippen LogP contribution in [0, 0.1) is 5.92 Å². The molecule has 1 aliphatic carbocycles. The highest BCUT2D eigenvalue weighted by Crippen LogP contribution is 2.20. The Hall–Kier alpha value is -1.68. The third-order valence-corrected chi connectivity index (χ3v) is 3.25. The van der Waals surface area contributed by atoms with Crippen LogP contribution in [0.25, 0.3) is 0 Å². The van der Waals surface area contributed by atoms with E-state index in [4.69, 9.17) is 5.73 Å². The van der Waals surface area contributed by atoms with Crippen LogP contribution < -0.4 is 5.73 Å². The average Bonchev–Trinajstić information content (AvgIpc) is 2.83. The minimum atomic E-state index is -0.0539. The van der Waals surface area contributed by atoms with Crippen molar-refractivity contribution in [3.8, 4) is 0 Å². The SMILES string of the molecule is CCN(Cc1ccncc1)C(=O)C1C=CC(N)C1. The van der Waals surface area contributed by atoms with Gasteiger partial charge in [-0.2, -0.15) is 0 Å². The molecule has 2 atom stereocenters. The molecule has 1 heterocycles. The molecule has 0 aliphatic heterocycles. The van der Waals surface area contributed by atoms with Gasteiger partial charge in [-0.3, -0.25) is 9.78 Å². The minimum absolute atomic E-state index is 0.0265. The summed E-state index contributed by atoms with van der Waals surface area (Å²) < 4.78 is 0. The van der Waals surface area contributed by atoms with E-state index in [9.17, 15) is 4.79 Å². The first kappa shape index (κ1) is 12.8. The van der Waals surface area contributed by atoms with Crippen LogP contribution in [0.3, 0.4) is 0 Å². The van der Waals surface area contributed by atoms with Crippen molar-refractivity contribution in [2.24, 2.45) is 11.7 Å². The molecule has 0 aromatic carbocycles. The maximum atomic E-state index is 12.3. The monoisotopic (exact) mass is 245 g/mol. The predicted molar refractivity (Wildman–Crippen MR) is 70.6 cm³/mol. The molecule has 4 nitrogen and oxygen atoms in total. The van der Waals surface area contributed by atoms with Crippen molar-refractivity contribution < 1.29 is 4.79 Å². The highest BCUT2D eigenvalue weighted by molar-refractivity contribution is 5.81. The van der Waals surface area contributed by atoms with E-state index in [2.05, 4.69) is 4.98 Å². The van der Waals surface area contributed by atoms with Crippen molar-refractivity contribution in [2.75, 3.05) is 6.54 Å². The fourth-order valence-electron chi connectivity index (χ4n) is 2.20. The van der Waals surface area contributed by atoms with Gasteiger partial charge in [-0.15, -0.1) is 0 Å². The number of rotatable bonds is 4. The van der Waals surface area contributed by atoms with E-state index in [-0.39, 0.29) is 17.9 Å². The fraction of sp³-hybridized carbons (Fsp3) is 0.429. The zero-order chi connectivity index (χ0) is 13.0. The largest absolute Gasteiger partial charge is 0.338 e. The second-order valence-corrected chi connectivity index (χ2v) is 4.60. The van der Waals surface area contributed by atoms with Gasteiger partial charge in [0.2, 0.25) is 5.91 Å². The van der Waals surface area contributed by atoms with Gasteiger partial charge in [0, 0.05) is 31.5 Å². The standard InChI is InChI=1S/C14H19N3O/c1-2-17(10-11-5-7-16-8-6-11)14(18)12-3-4-13(15)9-12/h3-8,12-13H,2,9-10,15H2,1H3. The number of aromatic nitrogens is 1. The third kappa shape index (κ3) is 2.96. The lowest BCUT2D eigenvalue weighted by Gasteiger charge is -2.24. The van der Waals surface area contributed by atoms with E-state index in [0.717, 1.165) is 12.0 Å². The molecule has 4 heteroatoms. The zero-order valence-electron chi connectivity index (χ0n) is 10.6. The minimum Gasteiger partial charge on any atom is -0.338 e. The highest BCUT2D eigenvalue weighted by Gasteiger charge is 2.26. The van der Waals surface area contributed by atoms with Crippen LogP contribution >= 0.6 is 0 Å². The predicted octanol–water partition coefficient (Wildman–Crippen LogP) is 1.33. The molecule has 18 heavy (non-hydrogen) atoms. The third-order valence-electron chi connectivity index (χ3n) is 3.25. The molecular weight excluding hydrogens is 226 g/mol. The van der Waals surface area contributed by atoms with Crippen LogP contribution in [-0.4, -0.2) is 28.4 Å². The number of hydrogen-bond donors (Lipinski definition) is 1. The summed E-state index contributed by atoms with van der Waals surface area (Å²) in [6.45, 7) is 3.34. The maximum absolute atomic E-state index is 12.3. The highest BCUT2D eigenvalue weighted by atomic mass is 16.2. The van der Waals surface area contributed by atoms with Crippen molar-refractivity contribution in [1.82, 2.24) is 9.88 Å². The summed E-state index contributed by atoms with van der Waals surface area (Å²) in [5.41, 5.74) is 6.89. The van der Waals surface area contributed by atoms with Crippen LogP contribution in [0.1, 0.15) is 18.9 Å². The van der Waals surface area contributed by atoms with Gasteiger partial charge in [0.25, 0.3) is 0 Å². The Balaban J connectivity index is 2.01. The van der Waals surface area contributed by atoms with Gasteiger partial charge in [-0.25, -0.2) is 0 Å². The summed E-state index contributed by atoms with van der Waals surface area (Å²) in [5.74, 6) is 0.111. The summed E-state index contributed by atoms with van der Waals surface area (Å²) >= 11 is 0. The van der Waals surface area contributed by atoms with Gasteiger partial charge in [0.15, 0.2) is 0 Å². The molecular formula is C14H19N3O. The Morgan fingerprint density at radius 3 is 2.72 bits per heavy atom. The lowest BCUT2D eigenvalue weighted by atomic mass is 10.1. The topological polar surface area (TPSA) is 59.2 Å². The van der Waals surface area contributed by atoms with E-state index < -0.39 is 0 Å². The molecule has 96 valence electrons. The first-order chi connectivity index (χ1) is 8.70. The van der Waals surface area contributed by atoms with Crippen molar-refractivity contribution in [2.45, 2.75) is 25.9 Å². The summed E-state index contributed by atoms with van der Waals surface area (Å²) in [6, 6.07) is 3.90. The number of amides is 1. The van der Waals surface area contributed by atoms with Crippen molar-refractivity contribution in [1.29, 1.82) is 0 Å². The van der Waals surface area contributed by atoms with E-state index in [1.807, 2.05) is 36.1 Å². The normalized spacial score (nSPS) is 22.1. The maximum Gasteiger partial charge on any atom is 0.229 e. The second-order valence-electron chi connectivity index (χ2n) is 4.60. The summed E-state index contributed by atoms with van der Waals surface area (Å²) in [4.78, 5) is 18.2. The molecule has 0 radical (unpaired) electrons. The van der Waals surface area contributed by atoms with Crippen molar-refractivity contribution >= 4 is 5.91 Å². The Kier molecular flexibility index (Phi) is 4.10. The lowest BCUT2D eigenvalue weighted by Crippen LogP contribution is -2.35. The molecule has 2 unspecified atom stereocenters. The number of nitrogens with zero attached hydrogens (tertiary/aromatic N) is 2. The summed E-state index contributed by atoms with van der Waals surface area (Å²) in [5, 5.41) is 0. The van der Waals surface area contributed by atoms with E-state index in [0.29, 0.717) is 13.1 Å². The Bertz CT molecular complexity index is 430. The number of pyridine rings is 1. The number of carbonyl (C=O) groups excluding carboxylic acids is 1. The number of hydrogen-bond acceptors (Lipinski definition) is 3. The van der Waals surface area contributed by atoms with Gasteiger partial charge in [-0.05, 0) is 31.0 Å². The first-order valence-electron chi connectivity index (χ1n) is 6.32. The molecule has 2 rings (SSSR count). The molecule has 1 aromatic heterocycles. The van der Waals surface area contributed by atoms with E-state index in [1.54, 1.807) is 12.4 Å². The van der Waals surface area contributed by atoms with Crippen LogP contribution in [0.15, 0.2) is 36.7 Å². The second kappa shape index (κ2) is 5.78. The van der Waals surface area contributed by atoms with Crippen molar-refractivity contribution in [3.63, 3.8) is 0 Å². The summed E-state index contributed by atoms with van der Waals surface area (Å²) in [6.07, 6.45) is 8.08. The van der Waals surface area contributed by atoms with Gasteiger partial charge < -0.3 is 10.6 Å². The van der Waals surface area contributed by atoms with Gasteiger partial charge >= 0.3 is 0 Å². The quantitative estimate of drug-likeness (QED) is 0.814. The van der Waals surface area contributed by atoms with Crippen LogP contribution in [0.2, 0.25) is 0 Å². The molecule has 1 amide bonds. The summed E-state index contributed by atoms with van der Waals surface area (Å²) in [7, 11) is 0. The molecule has 0 bridgehead atoms. The van der Waals surface area contributed by atoms with Crippen LogP contribution in [-0.2, 0) is 11.3 Å². The molecule has 1 aromatic rings. The van der Waals surface area contributed by atoms with Crippen molar-refractivity contribution in [3.05, 3.63) is 42.2 Å². The zero-order valence-corrected chi connectivity index (χ0v) is 10.6. The smallest absolute Gasteiger partial charge is 0.229 e.